The van der Waals surface area contributed by atoms with E-state index in [4.69, 9.17) is 10.6 Å². The summed E-state index contributed by atoms with van der Waals surface area (Å²) in [5.74, 6) is 5.70. The molecule has 0 fully saturated rings. The number of hydrogen-bond donors (Lipinski definition) is 2. The summed E-state index contributed by atoms with van der Waals surface area (Å²) in [5, 5.41) is 0. The molecule has 0 saturated carbocycles. The highest BCUT2D eigenvalue weighted by atomic mass is 79.9. The van der Waals surface area contributed by atoms with Crippen LogP contribution in [0.25, 0.3) is 0 Å². The molecule has 1 aromatic carbocycles. The molecule has 0 aliphatic heterocycles. The minimum absolute atomic E-state index is 0.352. The number of ether oxygens (including phenoxy) is 1. The van der Waals surface area contributed by atoms with E-state index in [1.807, 2.05) is 6.07 Å². The Morgan fingerprint density at radius 1 is 1.45 bits per heavy atom. The van der Waals surface area contributed by atoms with Gasteiger partial charge in [0.1, 0.15) is 11.6 Å². The Balaban J connectivity index is 2.33. The highest BCUT2D eigenvalue weighted by molar-refractivity contribution is 9.10. The smallest absolute Gasteiger partial charge is 0.131 e. The molecular weight excluding hydrogens is 325 g/mol. The number of hydrogen-bond acceptors (Lipinski definition) is 4. The molecule has 2 aromatic rings. The average molecular weight is 340 g/mol. The van der Waals surface area contributed by atoms with Crippen molar-refractivity contribution in [2.45, 2.75) is 12.5 Å². The normalized spacial score (nSPS) is 12.2. The lowest BCUT2D eigenvalue weighted by molar-refractivity contribution is 0.390. The Labute approximate surface area is 125 Å². The number of aromatic nitrogens is 1. The molecule has 4 nitrogen and oxygen atoms in total. The number of benzene rings is 1. The van der Waals surface area contributed by atoms with E-state index < -0.39 is 6.04 Å². The molecule has 0 amide bonds. The predicted octanol–water partition coefficient (Wildman–Crippen LogP) is 2.74. The number of nitrogens with zero attached hydrogens (tertiary/aromatic N) is 1. The van der Waals surface area contributed by atoms with Crippen LogP contribution < -0.4 is 16.0 Å². The number of hydrazine groups is 1. The van der Waals surface area contributed by atoms with Crippen molar-refractivity contribution in [1.29, 1.82) is 0 Å². The van der Waals surface area contributed by atoms with Gasteiger partial charge in [-0.2, -0.15) is 0 Å². The fraction of sp³-hybridized carbons (Fsp3) is 0.214. The minimum atomic E-state index is -0.401. The Kier molecular flexibility index (Phi) is 5.05. The number of methoxy groups -OCH3 is 1. The maximum Gasteiger partial charge on any atom is 0.131 e. The van der Waals surface area contributed by atoms with Crippen LogP contribution >= 0.6 is 15.9 Å². The number of nitrogens with two attached hydrogens (primary N) is 1. The third-order valence-corrected chi connectivity index (χ3v) is 3.42. The van der Waals surface area contributed by atoms with Crippen LogP contribution in [0.15, 0.2) is 41.1 Å². The SMILES string of the molecule is COc1cccc(F)c1C(Cc1cncc(Br)c1)NN. The van der Waals surface area contributed by atoms with Crippen molar-refractivity contribution in [1.82, 2.24) is 10.4 Å². The van der Waals surface area contributed by atoms with Crippen LogP contribution in [0.3, 0.4) is 0 Å². The van der Waals surface area contributed by atoms with Crippen LogP contribution in [-0.4, -0.2) is 12.1 Å². The van der Waals surface area contributed by atoms with E-state index in [1.54, 1.807) is 24.5 Å². The molecule has 0 aliphatic carbocycles. The maximum atomic E-state index is 14.1. The van der Waals surface area contributed by atoms with Crippen LogP contribution in [0.1, 0.15) is 17.2 Å². The maximum absolute atomic E-state index is 14.1. The average Bonchev–Trinajstić information content (AvgIpc) is 2.45. The third kappa shape index (κ3) is 3.33. The molecule has 0 saturated heterocycles. The zero-order chi connectivity index (χ0) is 14.5. The lowest BCUT2D eigenvalue weighted by Gasteiger charge is -2.19. The molecule has 2 rings (SSSR count). The summed E-state index contributed by atoms with van der Waals surface area (Å²) in [6.07, 6.45) is 3.92. The molecule has 6 heteroatoms. The van der Waals surface area contributed by atoms with Crippen molar-refractivity contribution in [2.75, 3.05) is 7.11 Å². The van der Waals surface area contributed by atoms with E-state index in [0.29, 0.717) is 17.7 Å². The fourth-order valence-electron chi connectivity index (χ4n) is 2.08. The first-order valence-corrected chi connectivity index (χ1v) is 6.83. The summed E-state index contributed by atoms with van der Waals surface area (Å²) < 4.78 is 20.1. The number of rotatable bonds is 5. The van der Waals surface area contributed by atoms with Gasteiger partial charge in [0.15, 0.2) is 0 Å². The molecule has 20 heavy (non-hydrogen) atoms. The summed E-state index contributed by atoms with van der Waals surface area (Å²) in [7, 11) is 1.51. The molecule has 0 aliphatic rings. The number of halogens is 2. The minimum Gasteiger partial charge on any atom is -0.496 e. The molecule has 106 valence electrons. The van der Waals surface area contributed by atoms with Gasteiger partial charge < -0.3 is 4.74 Å². The summed E-state index contributed by atoms with van der Waals surface area (Å²) >= 11 is 3.36. The van der Waals surface area contributed by atoms with E-state index in [2.05, 4.69) is 26.3 Å². The Morgan fingerprint density at radius 2 is 2.25 bits per heavy atom. The van der Waals surface area contributed by atoms with Crippen molar-refractivity contribution in [2.24, 2.45) is 5.84 Å². The third-order valence-electron chi connectivity index (χ3n) is 2.98. The van der Waals surface area contributed by atoms with Gasteiger partial charge in [0, 0.05) is 22.4 Å². The predicted molar refractivity (Wildman–Crippen MR) is 78.7 cm³/mol. The van der Waals surface area contributed by atoms with Crippen molar-refractivity contribution in [3.8, 4) is 5.75 Å². The lowest BCUT2D eigenvalue weighted by Crippen LogP contribution is -2.30. The summed E-state index contributed by atoms with van der Waals surface area (Å²) in [6.45, 7) is 0. The Hall–Kier alpha value is -1.50. The molecule has 3 N–H and O–H groups in total. The zero-order valence-electron chi connectivity index (χ0n) is 10.9. The van der Waals surface area contributed by atoms with Crippen LogP contribution in [0, 0.1) is 5.82 Å². The molecule has 0 spiro atoms. The standard InChI is InChI=1S/C14H15BrFN3O/c1-20-13-4-2-3-11(16)14(13)12(19-17)6-9-5-10(15)8-18-7-9/h2-5,7-8,12,19H,6,17H2,1H3. The van der Waals surface area contributed by atoms with Gasteiger partial charge in [-0.15, -0.1) is 0 Å². The van der Waals surface area contributed by atoms with Crippen LogP contribution in [0.5, 0.6) is 5.75 Å². The first kappa shape index (κ1) is 14.9. The van der Waals surface area contributed by atoms with E-state index in [1.165, 1.54) is 13.2 Å². The molecule has 1 aromatic heterocycles. The largest absolute Gasteiger partial charge is 0.496 e. The van der Waals surface area contributed by atoms with Gasteiger partial charge in [-0.05, 0) is 46.1 Å². The first-order valence-electron chi connectivity index (χ1n) is 6.03. The second-order valence-corrected chi connectivity index (χ2v) is 5.21. The van der Waals surface area contributed by atoms with Gasteiger partial charge in [0.05, 0.1) is 13.2 Å². The van der Waals surface area contributed by atoms with Gasteiger partial charge >= 0.3 is 0 Å². The summed E-state index contributed by atoms with van der Waals surface area (Å²) in [4.78, 5) is 4.09. The molecule has 0 bridgehead atoms. The van der Waals surface area contributed by atoms with Crippen LogP contribution in [-0.2, 0) is 6.42 Å². The van der Waals surface area contributed by atoms with Gasteiger partial charge in [0.25, 0.3) is 0 Å². The number of pyridine rings is 1. The van der Waals surface area contributed by atoms with Gasteiger partial charge in [-0.3, -0.25) is 16.3 Å². The molecule has 0 radical (unpaired) electrons. The van der Waals surface area contributed by atoms with Gasteiger partial charge in [0.2, 0.25) is 0 Å². The van der Waals surface area contributed by atoms with E-state index >= 15 is 0 Å². The Morgan fingerprint density at radius 3 is 2.90 bits per heavy atom. The van der Waals surface area contributed by atoms with Crippen LogP contribution in [0.2, 0.25) is 0 Å². The summed E-state index contributed by atoms with van der Waals surface area (Å²) in [6, 6.07) is 6.22. The van der Waals surface area contributed by atoms with Crippen LogP contribution in [0.4, 0.5) is 4.39 Å². The van der Waals surface area contributed by atoms with Crippen molar-refractivity contribution in [3.63, 3.8) is 0 Å². The summed E-state index contributed by atoms with van der Waals surface area (Å²) in [5.41, 5.74) is 3.99. The lowest BCUT2D eigenvalue weighted by atomic mass is 9.99. The highest BCUT2D eigenvalue weighted by Crippen LogP contribution is 2.29. The van der Waals surface area contributed by atoms with Crippen molar-refractivity contribution in [3.05, 3.63) is 58.1 Å². The monoisotopic (exact) mass is 339 g/mol. The van der Waals surface area contributed by atoms with Gasteiger partial charge in [-0.1, -0.05) is 6.07 Å². The van der Waals surface area contributed by atoms with E-state index in [-0.39, 0.29) is 5.82 Å². The zero-order valence-corrected chi connectivity index (χ0v) is 12.5. The first-order chi connectivity index (χ1) is 9.65. The fourth-order valence-corrected chi connectivity index (χ4v) is 2.49. The second-order valence-electron chi connectivity index (χ2n) is 4.29. The number of nitrogens with one attached hydrogen (secondary N) is 1. The Bertz CT molecular complexity index is 594. The molecular formula is C14H15BrFN3O. The van der Waals surface area contributed by atoms with Crippen molar-refractivity contribution >= 4 is 15.9 Å². The highest BCUT2D eigenvalue weighted by Gasteiger charge is 2.20. The quantitative estimate of drug-likeness (QED) is 0.649. The molecule has 1 atom stereocenters. The molecule has 1 unspecified atom stereocenters. The van der Waals surface area contributed by atoms with Gasteiger partial charge in [-0.25, -0.2) is 4.39 Å². The van der Waals surface area contributed by atoms with E-state index in [9.17, 15) is 4.39 Å². The topological polar surface area (TPSA) is 60.2 Å². The molecule has 1 heterocycles. The van der Waals surface area contributed by atoms with Crippen molar-refractivity contribution < 1.29 is 9.13 Å². The second kappa shape index (κ2) is 6.78. The van der Waals surface area contributed by atoms with E-state index in [0.717, 1.165) is 10.0 Å².